The van der Waals surface area contributed by atoms with Gasteiger partial charge in [0.25, 0.3) is 0 Å². The van der Waals surface area contributed by atoms with E-state index in [1.54, 1.807) is 5.56 Å². The molecule has 1 aromatic rings. The van der Waals surface area contributed by atoms with E-state index in [9.17, 15) is 0 Å². The molecule has 0 aromatic heterocycles. The van der Waals surface area contributed by atoms with E-state index < -0.39 is 0 Å². The van der Waals surface area contributed by atoms with Gasteiger partial charge >= 0.3 is 0 Å². The van der Waals surface area contributed by atoms with Crippen LogP contribution in [0, 0.1) is 0 Å². The minimum absolute atomic E-state index is 0.485. The third kappa shape index (κ3) is 3.07. The van der Waals surface area contributed by atoms with E-state index in [2.05, 4.69) is 62.2 Å². The first-order valence-corrected chi connectivity index (χ1v) is 8.29. The van der Waals surface area contributed by atoms with Crippen molar-refractivity contribution in [2.45, 2.75) is 58.5 Å². The molecule has 112 valence electrons. The summed E-state index contributed by atoms with van der Waals surface area (Å²) in [5.41, 5.74) is 3.06. The Morgan fingerprint density at radius 2 is 1.85 bits per heavy atom. The van der Waals surface area contributed by atoms with Crippen LogP contribution in [0.15, 0.2) is 24.3 Å². The first-order chi connectivity index (χ1) is 9.72. The number of nitrogens with zero attached hydrogens (tertiary/aromatic N) is 1. The molecule has 1 aromatic carbocycles. The highest BCUT2D eigenvalue weighted by Gasteiger charge is 2.35. The highest BCUT2D eigenvalue weighted by atomic mass is 15.2. The summed E-state index contributed by atoms with van der Waals surface area (Å²) in [5, 5.41) is 3.74. The molecule has 3 atom stereocenters. The summed E-state index contributed by atoms with van der Waals surface area (Å²) in [6.45, 7) is 12.6. The van der Waals surface area contributed by atoms with Crippen molar-refractivity contribution < 1.29 is 0 Å². The largest absolute Gasteiger partial charge is 0.309 e. The van der Waals surface area contributed by atoms with Crippen molar-refractivity contribution in [3.8, 4) is 0 Å². The van der Waals surface area contributed by atoms with Gasteiger partial charge in [0.05, 0.1) is 0 Å². The summed E-state index contributed by atoms with van der Waals surface area (Å²) >= 11 is 0. The minimum Gasteiger partial charge on any atom is -0.309 e. The van der Waals surface area contributed by atoms with Crippen molar-refractivity contribution in [3.05, 3.63) is 35.4 Å². The molecule has 0 amide bonds. The monoisotopic (exact) mass is 274 g/mol. The van der Waals surface area contributed by atoms with Gasteiger partial charge in [0.1, 0.15) is 0 Å². The molecule has 0 spiro atoms. The summed E-state index contributed by atoms with van der Waals surface area (Å²) in [6.07, 6.45) is 2.50. The van der Waals surface area contributed by atoms with Crippen LogP contribution in [0.5, 0.6) is 0 Å². The van der Waals surface area contributed by atoms with Crippen molar-refractivity contribution in [1.29, 1.82) is 0 Å². The summed E-state index contributed by atoms with van der Waals surface area (Å²) in [4.78, 5) is 2.67. The van der Waals surface area contributed by atoms with Crippen LogP contribution < -0.4 is 5.32 Å². The molecule has 0 saturated heterocycles. The van der Waals surface area contributed by atoms with Crippen LogP contribution in [-0.2, 0) is 0 Å². The zero-order chi connectivity index (χ0) is 14.5. The number of nitrogens with one attached hydrogen (secondary N) is 1. The normalized spacial score (nSPS) is 25.8. The number of rotatable bonds is 6. The highest BCUT2D eigenvalue weighted by Crippen LogP contribution is 2.39. The molecule has 3 unspecified atom stereocenters. The number of likely N-dealkylation sites (N-methyl/N-ethyl adjacent to an activating group) is 2. The predicted molar refractivity (Wildman–Crippen MR) is 87.2 cm³/mol. The lowest BCUT2D eigenvalue weighted by Gasteiger charge is -2.43. The molecular formula is C18H30N2. The molecule has 0 heterocycles. The van der Waals surface area contributed by atoms with E-state index in [0.717, 1.165) is 13.1 Å². The summed E-state index contributed by atoms with van der Waals surface area (Å²) in [5.74, 6) is 0.664. The fourth-order valence-electron chi connectivity index (χ4n) is 3.75. The van der Waals surface area contributed by atoms with Crippen LogP contribution in [0.3, 0.4) is 0 Å². The summed E-state index contributed by atoms with van der Waals surface area (Å²) in [7, 11) is 0. The molecule has 0 saturated carbocycles. The first kappa shape index (κ1) is 15.5. The van der Waals surface area contributed by atoms with Gasteiger partial charge in [-0.15, -0.1) is 0 Å². The molecular weight excluding hydrogens is 244 g/mol. The Kier molecular flexibility index (Phi) is 5.62. The van der Waals surface area contributed by atoms with Gasteiger partial charge in [0.15, 0.2) is 0 Å². The lowest BCUT2D eigenvalue weighted by molar-refractivity contribution is 0.140. The zero-order valence-electron chi connectivity index (χ0n) is 13.5. The average molecular weight is 274 g/mol. The Bertz CT molecular complexity index is 416. The third-order valence-electron chi connectivity index (χ3n) is 4.65. The minimum atomic E-state index is 0.485. The van der Waals surface area contributed by atoms with Gasteiger partial charge < -0.3 is 5.32 Å². The zero-order valence-corrected chi connectivity index (χ0v) is 13.5. The van der Waals surface area contributed by atoms with Gasteiger partial charge in [0, 0.05) is 12.1 Å². The summed E-state index contributed by atoms with van der Waals surface area (Å²) < 4.78 is 0. The third-order valence-corrected chi connectivity index (χ3v) is 4.65. The maximum Gasteiger partial charge on any atom is 0.0481 e. The van der Waals surface area contributed by atoms with Crippen molar-refractivity contribution in [1.82, 2.24) is 10.2 Å². The Hall–Kier alpha value is -0.860. The lowest BCUT2D eigenvalue weighted by atomic mass is 9.77. The van der Waals surface area contributed by atoms with Crippen LogP contribution >= 0.6 is 0 Å². The van der Waals surface area contributed by atoms with Gasteiger partial charge in [-0.05, 0) is 49.5 Å². The van der Waals surface area contributed by atoms with E-state index in [-0.39, 0.29) is 0 Å². The average Bonchev–Trinajstić information content (AvgIpc) is 2.48. The van der Waals surface area contributed by atoms with E-state index in [1.807, 2.05) is 0 Å². The van der Waals surface area contributed by atoms with Crippen LogP contribution in [-0.4, -0.2) is 30.6 Å². The van der Waals surface area contributed by atoms with Crippen LogP contribution in [0.1, 0.15) is 63.6 Å². The molecule has 2 heteroatoms. The van der Waals surface area contributed by atoms with Gasteiger partial charge in [-0.25, -0.2) is 0 Å². The second-order valence-corrected chi connectivity index (χ2v) is 6.00. The smallest absolute Gasteiger partial charge is 0.0481 e. The summed E-state index contributed by atoms with van der Waals surface area (Å²) in [6, 6.07) is 10.1. The molecule has 1 aliphatic carbocycles. The van der Waals surface area contributed by atoms with Crippen molar-refractivity contribution >= 4 is 0 Å². The fraction of sp³-hybridized carbons (Fsp3) is 0.667. The Morgan fingerprint density at radius 1 is 1.15 bits per heavy atom. The molecule has 0 bridgehead atoms. The quantitative estimate of drug-likeness (QED) is 0.845. The van der Waals surface area contributed by atoms with Crippen molar-refractivity contribution in [2.75, 3.05) is 19.6 Å². The Morgan fingerprint density at radius 3 is 2.45 bits per heavy atom. The number of hydrogen-bond donors (Lipinski definition) is 1. The van der Waals surface area contributed by atoms with Gasteiger partial charge in [-0.2, -0.15) is 0 Å². The lowest BCUT2D eigenvalue weighted by Crippen LogP contribution is -2.48. The van der Waals surface area contributed by atoms with Gasteiger partial charge in [-0.3, -0.25) is 4.90 Å². The second-order valence-electron chi connectivity index (χ2n) is 6.00. The topological polar surface area (TPSA) is 15.3 Å². The van der Waals surface area contributed by atoms with Crippen molar-refractivity contribution in [2.24, 2.45) is 0 Å². The molecule has 0 fully saturated rings. The van der Waals surface area contributed by atoms with Crippen molar-refractivity contribution in [3.63, 3.8) is 0 Å². The fourth-order valence-corrected chi connectivity index (χ4v) is 3.75. The molecule has 1 N–H and O–H groups in total. The molecule has 2 rings (SSSR count). The van der Waals surface area contributed by atoms with Crippen LogP contribution in [0.2, 0.25) is 0 Å². The van der Waals surface area contributed by atoms with E-state index in [1.165, 1.54) is 24.9 Å². The number of fused-ring (bicyclic) bond motifs is 1. The Labute approximate surface area is 124 Å². The first-order valence-electron chi connectivity index (χ1n) is 8.29. The van der Waals surface area contributed by atoms with E-state index in [4.69, 9.17) is 0 Å². The molecule has 0 radical (unpaired) electrons. The van der Waals surface area contributed by atoms with Gasteiger partial charge in [0.2, 0.25) is 0 Å². The van der Waals surface area contributed by atoms with E-state index >= 15 is 0 Å². The Balaban J connectivity index is 2.33. The maximum absolute atomic E-state index is 3.74. The highest BCUT2D eigenvalue weighted by molar-refractivity contribution is 5.36. The van der Waals surface area contributed by atoms with E-state index in [0.29, 0.717) is 18.0 Å². The predicted octanol–water partition coefficient (Wildman–Crippen LogP) is 3.94. The molecule has 20 heavy (non-hydrogen) atoms. The van der Waals surface area contributed by atoms with Crippen LogP contribution in [0.4, 0.5) is 0 Å². The number of hydrogen-bond acceptors (Lipinski definition) is 2. The maximum atomic E-state index is 3.74. The molecule has 0 aliphatic heterocycles. The SMILES string of the molecule is CCCN(CC)C1CC(C)c2ccccc2C1NCC. The molecule has 1 aliphatic rings. The standard InChI is InChI=1S/C18H30N2/c1-5-12-20(7-3)17-13-14(4)15-10-8-9-11-16(15)18(17)19-6-2/h8-11,14,17-19H,5-7,12-13H2,1-4H3. The van der Waals surface area contributed by atoms with Crippen LogP contribution in [0.25, 0.3) is 0 Å². The van der Waals surface area contributed by atoms with Gasteiger partial charge in [-0.1, -0.05) is 52.0 Å². The second kappa shape index (κ2) is 7.24. The molecule has 2 nitrogen and oxygen atoms in total. The number of benzene rings is 1.